The second-order valence-electron chi connectivity index (χ2n) is 4.39. The molecule has 0 aliphatic heterocycles. The molecule has 0 N–H and O–H groups in total. The number of halogens is 4. The predicted octanol–water partition coefficient (Wildman–Crippen LogP) is 4.38. The minimum Gasteiger partial charge on any atom is -0.469 e. The van der Waals surface area contributed by atoms with Crippen LogP contribution in [0.2, 0.25) is 0 Å². The highest BCUT2D eigenvalue weighted by Crippen LogP contribution is 2.34. The Bertz CT molecular complexity index is 527. The fourth-order valence-corrected chi connectivity index (χ4v) is 2.15. The number of carbonyl (C=O) groups is 2. The first-order chi connectivity index (χ1) is 9.75. The lowest BCUT2D eigenvalue weighted by Gasteiger charge is -2.12. The first-order valence-electron chi connectivity index (χ1n) is 6.22. The Morgan fingerprint density at radius 3 is 2.38 bits per heavy atom. The van der Waals surface area contributed by atoms with Gasteiger partial charge in [-0.1, -0.05) is 15.9 Å². The molecule has 116 valence electrons. The van der Waals surface area contributed by atoms with Crippen LogP contribution in [0.5, 0.6) is 0 Å². The number of hydrogen-bond donors (Lipinski definition) is 0. The average Bonchev–Trinajstić information content (AvgIpc) is 2.41. The Morgan fingerprint density at radius 2 is 1.81 bits per heavy atom. The third-order valence-corrected chi connectivity index (χ3v) is 3.34. The summed E-state index contributed by atoms with van der Waals surface area (Å²) in [5.74, 6) is -0.984. The second kappa shape index (κ2) is 7.59. The van der Waals surface area contributed by atoms with Crippen LogP contribution in [0.1, 0.15) is 41.6 Å². The van der Waals surface area contributed by atoms with E-state index in [9.17, 15) is 22.8 Å². The number of esters is 1. The molecule has 3 nitrogen and oxygen atoms in total. The summed E-state index contributed by atoms with van der Waals surface area (Å²) in [5.41, 5.74) is -1.29. The summed E-state index contributed by atoms with van der Waals surface area (Å²) in [6.45, 7) is 0. The van der Waals surface area contributed by atoms with Crippen molar-refractivity contribution in [2.24, 2.45) is 0 Å². The summed E-state index contributed by atoms with van der Waals surface area (Å²) >= 11 is 2.96. The minimum absolute atomic E-state index is 0.0400. The quantitative estimate of drug-likeness (QED) is 0.426. The molecule has 0 heterocycles. The van der Waals surface area contributed by atoms with Crippen molar-refractivity contribution in [3.63, 3.8) is 0 Å². The van der Waals surface area contributed by atoms with Gasteiger partial charge >= 0.3 is 12.1 Å². The zero-order chi connectivity index (χ0) is 16.0. The second-order valence-corrected chi connectivity index (χ2v) is 5.31. The summed E-state index contributed by atoms with van der Waals surface area (Å²) in [6.07, 6.45) is -3.74. The maximum atomic E-state index is 12.9. The number of methoxy groups -OCH3 is 1. The predicted molar refractivity (Wildman–Crippen MR) is 74.0 cm³/mol. The van der Waals surface area contributed by atoms with Gasteiger partial charge in [0.25, 0.3) is 0 Å². The zero-order valence-corrected chi connectivity index (χ0v) is 12.9. The molecule has 7 heteroatoms. The lowest BCUT2D eigenvalue weighted by Crippen LogP contribution is -2.13. The summed E-state index contributed by atoms with van der Waals surface area (Å²) in [5, 5.41) is 0. The third kappa shape index (κ3) is 5.49. The van der Waals surface area contributed by atoms with E-state index in [1.807, 2.05) is 0 Å². The van der Waals surface area contributed by atoms with Gasteiger partial charge in [0.15, 0.2) is 5.78 Å². The molecule has 0 fully saturated rings. The molecular weight excluding hydrogens is 353 g/mol. The van der Waals surface area contributed by atoms with Gasteiger partial charge in [-0.05, 0) is 31.0 Å². The van der Waals surface area contributed by atoms with Crippen molar-refractivity contribution in [3.05, 3.63) is 33.8 Å². The molecule has 0 amide bonds. The Kier molecular flexibility index (Phi) is 6.39. The van der Waals surface area contributed by atoms with E-state index < -0.39 is 23.5 Å². The zero-order valence-electron chi connectivity index (χ0n) is 11.3. The molecular formula is C14H14BrF3O3. The number of benzene rings is 1. The van der Waals surface area contributed by atoms with Crippen LogP contribution in [-0.2, 0) is 15.7 Å². The van der Waals surface area contributed by atoms with Gasteiger partial charge in [0.2, 0.25) is 0 Å². The molecule has 21 heavy (non-hydrogen) atoms. The molecule has 0 bridgehead atoms. The van der Waals surface area contributed by atoms with Crippen molar-refractivity contribution in [3.8, 4) is 0 Å². The minimum atomic E-state index is -4.58. The number of rotatable bonds is 6. The van der Waals surface area contributed by atoms with E-state index in [4.69, 9.17) is 0 Å². The van der Waals surface area contributed by atoms with Gasteiger partial charge in [-0.15, -0.1) is 0 Å². The van der Waals surface area contributed by atoms with Crippen molar-refractivity contribution in [1.29, 1.82) is 0 Å². The average molecular weight is 367 g/mol. The van der Waals surface area contributed by atoms with Crippen LogP contribution in [0, 0.1) is 0 Å². The number of unbranched alkanes of at least 4 members (excludes halogenated alkanes) is 1. The largest absolute Gasteiger partial charge is 0.469 e. The molecule has 0 spiro atoms. The molecule has 0 radical (unpaired) electrons. The monoisotopic (exact) mass is 366 g/mol. The number of ether oxygens (including phenoxy) is 1. The van der Waals surface area contributed by atoms with Crippen LogP contribution in [0.3, 0.4) is 0 Å². The maximum Gasteiger partial charge on any atom is 0.417 e. The van der Waals surface area contributed by atoms with E-state index in [-0.39, 0.29) is 22.9 Å². The van der Waals surface area contributed by atoms with Crippen molar-refractivity contribution in [2.45, 2.75) is 31.9 Å². The normalized spacial score (nSPS) is 11.3. The number of ketones is 1. The van der Waals surface area contributed by atoms with Gasteiger partial charge < -0.3 is 4.74 Å². The Hall–Kier alpha value is -1.37. The van der Waals surface area contributed by atoms with Crippen molar-refractivity contribution in [1.82, 2.24) is 0 Å². The van der Waals surface area contributed by atoms with Crippen molar-refractivity contribution >= 4 is 27.7 Å². The Balaban J connectivity index is 2.72. The molecule has 1 rings (SSSR count). The summed E-state index contributed by atoms with van der Waals surface area (Å²) in [4.78, 5) is 22.8. The van der Waals surface area contributed by atoms with Gasteiger partial charge in [-0.2, -0.15) is 13.2 Å². The molecule has 0 saturated heterocycles. The van der Waals surface area contributed by atoms with E-state index in [1.165, 1.54) is 13.2 Å². The van der Waals surface area contributed by atoms with Crippen LogP contribution in [0.25, 0.3) is 0 Å². The fraction of sp³-hybridized carbons (Fsp3) is 0.429. The maximum absolute atomic E-state index is 12.9. The standard InChI is InChI=1S/C14H14BrF3O3/c1-21-13(20)5-3-2-4-12(19)10-7-6-9(15)8-11(10)14(16,17)18/h6-8H,2-5H2,1H3. The topological polar surface area (TPSA) is 43.4 Å². The summed E-state index contributed by atoms with van der Waals surface area (Å²) in [7, 11) is 1.25. The molecule has 0 aliphatic carbocycles. The highest BCUT2D eigenvalue weighted by Gasteiger charge is 2.35. The van der Waals surface area contributed by atoms with E-state index in [1.54, 1.807) is 0 Å². The van der Waals surface area contributed by atoms with Crippen LogP contribution < -0.4 is 0 Å². The number of hydrogen-bond acceptors (Lipinski definition) is 3. The highest BCUT2D eigenvalue weighted by atomic mass is 79.9. The Morgan fingerprint density at radius 1 is 1.19 bits per heavy atom. The molecule has 0 aliphatic rings. The molecule has 0 unspecified atom stereocenters. The lowest BCUT2D eigenvalue weighted by molar-refractivity contribution is -0.140. The SMILES string of the molecule is COC(=O)CCCCC(=O)c1ccc(Br)cc1C(F)(F)F. The molecule has 1 aromatic rings. The number of carbonyl (C=O) groups excluding carboxylic acids is 2. The summed E-state index contributed by atoms with van der Waals surface area (Å²) in [6, 6.07) is 3.45. The van der Waals surface area contributed by atoms with Crippen LogP contribution in [0.4, 0.5) is 13.2 Å². The molecule has 0 saturated carbocycles. The number of Topliss-reactive ketones (excluding diaryl/α,β-unsaturated/α-hetero) is 1. The van der Waals surface area contributed by atoms with E-state index in [2.05, 4.69) is 20.7 Å². The number of alkyl halides is 3. The van der Waals surface area contributed by atoms with Gasteiger partial charge in [0.05, 0.1) is 12.7 Å². The highest BCUT2D eigenvalue weighted by molar-refractivity contribution is 9.10. The van der Waals surface area contributed by atoms with Crippen LogP contribution in [-0.4, -0.2) is 18.9 Å². The smallest absolute Gasteiger partial charge is 0.417 e. The van der Waals surface area contributed by atoms with Gasteiger partial charge in [-0.25, -0.2) is 0 Å². The van der Waals surface area contributed by atoms with Crippen LogP contribution >= 0.6 is 15.9 Å². The van der Waals surface area contributed by atoms with Gasteiger partial charge in [0, 0.05) is 22.9 Å². The van der Waals surface area contributed by atoms with E-state index in [0.717, 1.165) is 12.1 Å². The first-order valence-corrected chi connectivity index (χ1v) is 7.01. The fourth-order valence-electron chi connectivity index (χ4n) is 1.79. The van der Waals surface area contributed by atoms with Gasteiger partial charge in [0.1, 0.15) is 0 Å². The van der Waals surface area contributed by atoms with Gasteiger partial charge in [-0.3, -0.25) is 9.59 Å². The van der Waals surface area contributed by atoms with Crippen molar-refractivity contribution in [2.75, 3.05) is 7.11 Å². The van der Waals surface area contributed by atoms with E-state index >= 15 is 0 Å². The van der Waals surface area contributed by atoms with Crippen molar-refractivity contribution < 1.29 is 27.5 Å². The first kappa shape index (κ1) is 17.7. The van der Waals surface area contributed by atoms with E-state index in [0.29, 0.717) is 12.8 Å². The Labute approximate surface area is 128 Å². The molecule has 0 aromatic heterocycles. The summed E-state index contributed by atoms with van der Waals surface area (Å²) < 4.78 is 43.4. The van der Waals surface area contributed by atoms with Crippen LogP contribution in [0.15, 0.2) is 22.7 Å². The molecule has 0 atom stereocenters. The molecule has 1 aromatic carbocycles. The lowest BCUT2D eigenvalue weighted by atomic mass is 9.99. The third-order valence-electron chi connectivity index (χ3n) is 2.85.